The van der Waals surface area contributed by atoms with Gasteiger partial charge in [-0.2, -0.15) is 0 Å². The van der Waals surface area contributed by atoms with E-state index in [0.717, 1.165) is 5.56 Å². The molecule has 0 aliphatic carbocycles. The van der Waals surface area contributed by atoms with Crippen LogP contribution in [0, 0.1) is 0 Å². The summed E-state index contributed by atoms with van der Waals surface area (Å²) < 4.78 is 16.1. The summed E-state index contributed by atoms with van der Waals surface area (Å²) in [5, 5.41) is 17.9. The highest BCUT2D eigenvalue weighted by Crippen LogP contribution is 2.30. The van der Waals surface area contributed by atoms with Crippen molar-refractivity contribution in [1.82, 2.24) is 10.2 Å². The van der Waals surface area contributed by atoms with Crippen LogP contribution < -0.4 is 25.1 Å². The van der Waals surface area contributed by atoms with E-state index in [2.05, 4.69) is 15.5 Å². The lowest BCUT2D eigenvalue weighted by atomic mass is 10.2. The van der Waals surface area contributed by atoms with Gasteiger partial charge < -0.3 is 24.6 Å². The maximum atomic E-state index is 11.8. The predicted molar refractivity (Wildman–Crippen MR) is 108 cm³/mol. The number of nitrogens with zero attached hydrogens (tertiary/aromatic N) is 1. The molecule has 9 nitrogen and oxygen atoms in total. The maximum absolute atomic E-state index is 11.8. The number of unbranched alkanes of at least 4 members (excludes halogenated alkanes) is 2. The molecule has 0 radical (unpaired) electrons. The Labute approximate surface area is 172 Å². The molecule has 0 atom stereocenters. The fourth-order valence-electron chi connectivity index (χ4n) is 2.58. The Hall–Kier alpha value is -2.94. The van der Waals surface area contributed by atoms with Gasteiger partial charge in [0.2, 0.25) is 0 Å². The van der Waals surface area contributed by atoms with Gasteiger partial charge in [0.1, 0.15) is 10.7 Å². The van der Waals surface area contributed by atoms with Gasteiger partial charge in [0.05, 0.1) is 20.8 Å². The minimum absolute atomic E-state index is 0.0543. The van der Waals surface area contributed by atoms with Crippen LogP contribution in [0.25, 0.3) is 0 Å². The molecule has 1 aromatic heterocycles. The molecule has 10 heteroatoms. The van der Waals surface area contributed by atoms with Crippen molar-refractivity contribution in [3.8, 4) is 17.4 Å². The van der Waals surface area contributed by atoms with E-state index in [4.69, 9.17) is 30.9 Å². The van der Waals surface area contributed by atoms with E-state index in [1.165, 1.54) is 0 Å². The highest BCUT2D eigenvalue weighted by molar-refractivity contribution is 6.33. The highest BCUT2D eigenvalue weighted by atomic mass is 35.5. The first-order valence-electron chi connectivity index (χ1n) is 9.03. The van der Waals surface area contributed by atoms with Gasteiger partial charge in [-0.3, -0.25) is 9.59 Å². The molecule has 0 unspecified atom stereocenters. The molecule has 29 heavy (non-hydrogen) atoms. The molecule has 0 saturated heterocycles. The molecule has 158 valence electrons. The number of carboxylic acid groups (broad SMARTS) is 1. The number of methoxy groups -OCH3 is 2. The summed E-state index contributed by atoms with van der Waals surface area (Å²) >= 11 is 6.13. The topological polar surface area (TPSA) is 123 Å². The zero-order valence-electron chi connectivity index (χ0n) is 16.3. The van der Waals surface area contributed by atoms with Gasteiger partial charge in [-0.15, -0.1) is 5.10 Å². The van der Waals surface area contributed by atoms with Crippen molar-refractivity contribution in [2.75, 3.05) is 26.1 Å². The van der Waals surface area contributed by atoms with Gasteiger partial charge in [0.25, 0.3) is 11.4 Å². The molecule has 2 aromatic rings. The molecule has 1 aromatic carbocycles. The van der Waals surface area contributed by atoms with Crippen LogP contribution in [0.5, 0.6) is 17.4 Å². The Kier molecular flexibility index (Phi) is 8.60. The van der Waals surface area contributed by atoms with Crippen LogP contribution in [-0.2, 0) is 11.3 Å². The molecule has 0 aliphatic rings. The van der Waals surface area contributed by atoms with Gasteiger partial charge in [0.15, 0.2) is 11.5 Å². The zero-order chi connectivity index (χ0) is 21.2. The number of hydrogen-bond donors (Lipinski definition) is 3. The van der Waals surface area contributed by atoms with Crippen molar-refractivity contribution in [1.29, 1.82) is 0 Å². The van der Waals surface area contributed by atoms with Gasteiger partial charge in [-0.1, -0.05) is 17.7 Å². The average molecular weight is 426 g/mol. The number of H-pyrrole nitrogens is 1. The minimum atomic E-state index is -0.818. The first kappa shape index (κ1) is 22.4. The number of aromatic nitrogens is 2. The van der Waals surface area contributed by atoms with Gasteiger partial charge in [-0.25, -0.2) is 5.10 Å². The Bertz CT molecular complexity index is 887. The molecular weight excluding hydrogens is 402 g/mol. The largest absolute Gasteiger partial charge is 0.493 e. The number of carboxylic acids is 1. The second kappa shape index (κ2) is 11.2. The average Bonchev–Trinajstić information content (AvgIpc) is 2.72. The number of aliphatic carboxylic acids is 1. The van der Waals surface area contributed by atoms with E-state index < -0.39 is 11.5 Å². The Balaban J connectivity index is 2.03. The summed E-state index contributed by atoms with van der Waals surface area (Å²) in [6, 6.07) is 5.44. The third-order valence-electron chi connectivity index (χ3n) is 4.08. The lowest BCUT2D eigenvalue weighted by Gasteiger charge is -2.14. The number of nitrogens with one attached hydrogen (secondary N) is 2. The van der Waals surface area contributed by atoms with E-state index in [1.54, 1.807) is 20.3 Å². The number of rotatable bonds is 12. The Morgan fingerprint density at radius 1 is 1.21 bits per heavy atom. The number of halogens is 1. The molecule has 0 amide bonds. The molecule has 1 heterocycles. The van der Waals surface area contributed by atoms with Crippen molar-refractivity contribution in [3.05, 3.63) is 39.1 Å². The smallest absolute Gasteiger partial charge is 0.303 e. The number of ether oxygens (including phenoxy) is 3. The second-order valence-corrected chi connectivity index (χ2v) is 6.52. The summed E-state index contributed by atoms with van der Waals surface area (Å²) in [7, 11) is 3.11. The maximum Gasteiger partial charge on any atom is 0.303 e. The predicted octanol–water partition coefficient (Wildman–Crippen LogP) is 3.08. The third kappa shape index (κ3) is 6.56. The van der Waals surface area contributed by atoms with Crippen LogP contribution in [0.1, 0.15) is 31.2 Å². The van der Waals surface area contributed by atoms with Crippen molar-refractivity contribution < 1.29 is 24.1 Å². The third-order valence-corrected chi connectivity index (χ3v) is 4.44. The summed E-state index contributed by atoms with van der Waals surface area (Å²) in [6.45, 7) is 0.667. The Morgan fingerprint density at radius 3 is 2.66 bits per heavy atom. The Morgan fingerprint density at radius 2 is 1.97 bits per heavy atom. The van der Waals surface area contributed by atoms with Crippen LogP contribution in [-0.4, -0.2) is 42.1 Å². The molecule has 0 spiro atoms. The molecule has 3 N–H and O–H groups in total. The monoisotopic (exact) mass is 425 g/mol. The van der Waals surface area contributed by atoms with E-state index in [1.807, 2.05) is 12.1 Å². The van der Waals surface area contributed by atoms with Gasteiger partial charge in [0, 0.05) is 13.0 Å². The first-order valence-corrected chi connectivity index (χ1v) is 9.41. The van der Waals surface area contributed by atoms with E-state index in [0.29, 0.717) is 43.9 Å². The fraction of sp³-hybridized carbons (Fsp3) is 0.421. The minimum Gasteiger partial charge on any atom is -0.493 e. The molecule has 0 bridgehead atoms. The van der Waals surface area contributed by atoms with E-state index in [-0.39, 0.29) is 23.0 Å². The van der Waals surface area contributed by atoms with Crippen LogP contribution >= 0.6 is 11.6 Å². The van der Waals surface area contributed by atoms with E-state index >= 15 is 0 Å². The van der Waals surface area contributed by atoms with Crippen molar-refractivity contribution in [2.45, 2.75) is 32.2 Å². The quantitative estimate of drug-likeness (QED) is 0.443. The fourth-order valence-corrected chi connectivity index (χ4v) is 2.77. The molecule has 0 aliphatic heterocycles. The SMILES string of the molecule is COc1ccc(CNc2c(OCCCCCC(=O)O)n[nH]c(=O)c2Cl)cc1OC. The van der Waals surface area contributed by atoms with Gasteiger partial charge in [-0.05, 0) is 37.0 Å². The number of benzene rings is 1. The van der Waals surface area contributed by atoms with Gasteiger partial charge >= 0.3 is 5.97 Å². The van der Waals surface area contributed by atoms with Crippen LogP contribution in [0.2, 0.25) is 5.02 Å². The lowest BCUT2D eigenvalue weighted by Crippen LogP contribution is -2.15. The number of anilines is 1. The summed E-state index contributed by atoms with van der Waals surface area (Å²) in [6.07, 6.45) is 2.06. The summed E-state index contributed by atoms with van der Waals surface area (Å²) in [4.78, 5) is 22.3. The number of aromatic amines is 1. The summed E-state index contributed by atoms with van der Waals surface area (Å²) in [5.41, 5.74) is 0.629. The summed E-state index contributed by atoms with van der Waals surface area (Å²) in [5.74, 6) is 0.550. The van der Waals surface area contributed by atoms with Crippen LogP contribution in [0.4, 0.5) is 5.69 Å². The standard InChI is InChI=1S/C19H24ClN3O6/c1-27-13-8-7-12(10-14(13)28-2)11-21-17-16(20)18(26)22-23-19(17)29-9-5-3-4-6-15(24)25/h7-8,10H,3-6,9,11H2,1-2H3,(H,24,25)(H2,21,22,26). The lowest BCUT2D eigenvalue weighted by molar-refractivity contribution is -0.137. The number of hydrogen-bond acceptors (Lipinski definition) is 7. The van der Waals surface area contributed by atoms with Crippen LogP contribution in [0.3, 0.4) is 0 Å². The van der Waals surface area contributed by atoms with Crippen molar-refractivity contribution in [2.24, 2.45) is 0 Å². The van der Waals surface area contributed by atoms with E-state index in [9.17, 15) is 9.59 Å². The first-order chi connectivity index (χ1) is 14.0. The van der Waals surface area contributed by atoms with Crippen LogP contribution in [0.15, 0.2) is 23.0 Å². The normalized spacial score (nSPS) is 10.4. The highest BCUT2D eigenvalue weighted by Gasteiger charge is 2.14. The van der Waals surface area contributed by atoms with Crippen molar-refractivity contribution in [3.63, 3.8) is 0 Å². The molecule has 0 fully saturated rings. The second-order valence-electron chi connectivity index (χ2n) is 6.14. The molecule has 2 rings (SSSR count). The molecule has 0 saturated carbocycles. The van der Waals surface area contributed by atoms with Crippen molar-refractivity contribution >= 4 is 23.3 Å². The number of carbonyl (C=O) groups is 1. The zero-order valence-corrected chi connectivity index (χ0v) is 17.0. The molecular formula is C19H24ClN3O6.